The number of Topliss-reactive ketones (excluding diaryl/α,β-unsaturated/α-hetero) is 1. The molecule has 0 radical (unpaired) electrons. The SMILES string of the molecule is COc1cc(OC)c2c(c1)O[C@@]1(C)C(=O)CCC[C@@H]21. The lowest BCUT2D eigenvalue weighted by Gasteiger charge is -2.33. The normalized spacial score (nSPS) is 28.4. The lowest BCUT2D eigenvalue weighted by atomic mass is 9.73. The van der Waals surface area contributed by atoms with Gasteiger partial charge in [0.15, 0.2) is 11.4 Å². The van der Waals surface area contributed by atoms with Crippen LogP contribution in [-0.4, -0.2) is 25.6 Å². The van der Waals surface area contributed by atoms with E-state index in [4.69, 9.17) is 14.2 Å². The number of methoxy groups -OCH3 is 2. The van der Waals surface area contributed by atoms with Gasteiger partial charge in [-0.2, -0.15) is 0 Å². The van der Waals surface area contributed by atoms with Crippen LogP contribution in [0.2, 0.25) is 0 Å². The number of ketones is 1. The second-order valence-electron chi connectivity index (χ2n) is 5.32. The molecule has 19 heavy (non-hydrogen) atoms. The second kappa shape index (κ2) is 4.15. The van der Waals surface area contributed by atoms with Crippen molar-refractivity contribution in [2.75, 3.05) is 14.2 Å². The Bertz CT molecular complexity index is 537. The van der Waals surface area contributed by atoms with Gasteiger partial charge in [0.05, 0.1) is 14.2 Å². The van der Waals surface area contributed by atoms with E-state index in [2.05, 4.69) is 0 Å². The summed E-state index contributed by atoms with van der Waals surface area (Å²) in [5.41, 5.74) is 0.277. The number of hydrogen-bond acceptors (Lipinski definition) is 4. The maximum absolute atomic E-state index is 12.2. The number of rotatable bonds is 2. The molecule has 102 valence electrons. The van der Waals surface area contributed by atoms with Gasteiger partial charge in [0.1, 0.15) is 17.2 Å². The van der Waals surface area contributed by atoms with E-state index in [9.17, 15) is 4.79 Å². The van der Waals surface area contributed by atoms with Gasteiger partial charge in [-0.25, -0.2) is 0 Å². The molecule has 1 aliphatic carbocycles. The van der Waals surface area contributed by atoms with Gasteiger partial charge in [-0.3, -0.25) is 4.79 Å². The molecule has 1 aliphatic heterocycles. The van der Waals surface area contributed by atoms with Crippen molar-refractivity contribution in [1.82, 2.24) is 0 Å². The number of hydrogen-bond donors (Lipinski definition) is 0. The van der Waals surface area contributed by atoms with Gasteiger partial charge in [-0.05, 0) is 19.8 Å². The molecular formula is C15H18O4. The molecule has 1 fully saturated rings. The highest BCUT2D eigenvalue weighted by molar-refractivity contribution is 5.91. The van der Waals surface area contributed by atoms with Crippen LogP contribution in [0.15, 0.2) is 12.1 Å². The molecule has 0 unspecified atom stereocenters. The van der Waals surface area contributed by atoms with Crippen molar-refractivity contribution in [3.63, 3.8) is 0 Å². The fourth-order valence-electron chi connectivity index (χ4n) is 3.25. The maximum Gasteiger partial charge on any atom is 0.176 e. The molecule has 4 nitrogen and oxygen atoms in total. The van der Waals surface area contributed by atoms with Crippen LogP contribution in [0.4, 0.5) is 0 Å². The lowest BCUT2D eigenvalue weighted by Crippen LogP contribution is -2.45. The van der Waals surface area contributed by atoms with E-state index in [0.717, 1.165) is 29.9 Å². The molecule has 0 bridgehead atoms. The Balaban J connectivity index is 2.15. The largest absolute Gasteiger partial charge is 0.496 e. The Hall–Kier alpha value is -1.71. The summed E-state index contributed by atoms with van der Waals surface area (Å²) < 4.78 is 16.7. The average molecular weight is 262 g/mol. The molecule has 2 atom stereocenters. The Morgan fingerprint density at radius 2 is 2.11 bits per heavy atom. The van der Waals surface area contributed by atoms with Crippen LogP contribution in [0.3, 0.4) is 0 Å². The molecule has 4 heteroatoms. The van der Waals surface area contributed by atoms with Crippen molar-refractivity contribution >= 4 is 5.78 Å². The number of carbonyl (C=O) groups is 1. The van der Waals surface area contributed by atoms with Gasteiger partial charge in [0.25, 0.3) is 0 Å². The zero-order valence-corrected chi connectivity index (χ0v) is 11.5. The third-order valence-corrected chi connectivity index (χ3v) is 4.32. The van der Waals surface area contributed by atoms with Crippen LogP contribution in [0.25, 0.3) is 0 Å². The highest BCUT2D eigenvalue weighted by Gasteiger charge is 2.53. The van der Waals surface area contributed by atoms with Gasteiger partial charge < -0.3 is 14.2 Å². The summed E-state index contributed by atoms with van der Waals surface area (Å²) in [4.78, 5) is 12.2. The topological polar surface area (TPSA) is 44.8 Å². The Morgan fingerprint density at radius 3 is 2.79 bits per heavy atom. The summed E-state index contributed by atoms with van der Waals surface area (Å²) in [5, 5.41) is 0. The predicted octanol–water partition coefficient (Wildman–Crippen LogP) is 2.69. The van der Waals surface area contributed by atoms with Crippen molar-refractivity contribution in [3.05, 3.63) is 17.7 Å². The van der Waals surface area contributed by atoms with Gasteiger partial charge in [-0.15, -0.1) is 0 Å². The molecule has 1 heterocycles. The Kier molecular flexibility index (Phi) is 2.69. The summed E-state index contributed by atoms with van der Waals surface area (Å²) >= 11 is 0. The van der Waals surface area contributed by atoms with Crippen LogP contribution >= 0.6 is 0 Å². The molecule has 1 aromatic carbocycles. The monoisotopic (exact) mass is 262 g/mol. The molecule has 1 aromatic rings. The van der Waals surface area contributed by atoms with Gasteiger partial charge in [0, 0.05) is 30.0 Å². The minimum atomic E-state index is -0.736. The van der Waals surface area contributed by atoms with Crippen LogP contribution < -0.4 is 14.2 Å². The minimum absolute atomic E-state index is 0.0876. The molecule has 2 aliphatic rings. The van der Waals surface area contributed by atoms with Crippen molar-refractivity contribution in [2.45, 2.75) is 37.7 Å². The van der Waals surface area contributed by atoms with Crippen LogP contribution in [0.5, 0.6) is 17.2 Å². The van der Waals surface area contributed by atoms with Crippen molar-refractivity contribution in [3.8, 4) is 17.2 Å². The molecule has 1 saturated carbocycles. The third kappa shape index (κ3) is 1.62. The van der Waals surface area contributed by atoms with Crippen LogP contribution in [-0.2, 0) is 4.79 Å². The van der Waals surface area contributed by atoms with E-state index >= 15 is 0 Å². The highest BCUT2D eigenvalue weighted by Crippen LogP contribution is 2.55. The van der Waals surface area contributed by atoms with E-state index < -0.39 is 5.60 Å². The number of ether oxygens (including phenoxy) is 3. The van der Waals surface area contributed by atoms with Crippen LogP contribution in [0, 0.1) is 0 Å². The molecule has 0 amide bonds. The smallest absolute Gasteiger partial charge is 0.176 e. The Labute approximate surface area is 112 Å². The quantitative estimate of drug-likeness (QED) is 0.822. The first-order chi connectivity index (χ1) is 9.10. The molecule has 0 N–H and O–H groups in total. The first kappa shape index (κ1) is 12.3. The summed E-state index contributed by atoms with van der Waals surface area (Å²) in [6.45, 7) is 1.89. The number of fused-ring (bicyclic) bond motifs is 3. The van der Waals surface area contributed by atoms with Gasteiger partial charge in [0.2, 0.25) is 0 Å². The molecule has 0 spiro atoms. The fourth-order valence-corrected chi connectivity index (χ4v) is 3.25. The maximum atomic E-state index is 12.2. The van der Waals surface area contributed by atoms with Crippen molar-refractivity contribution in [2.24, 2.45) is 0 Å². The van der Waals surface area contributed by atoms with E-state index in [1.54, 1.807) is 14.2 Å². The standard InChI is InChI=1S/C15H18O4/c1-15-10(5-4-6-13(15)16)14-11(18-3)7-9(17-2)8-12(14)19-15/h7-8,10H,4-6H2,1-3H3/t10-,15+/m0/s1. The van der Waals surface area contributed by atoms with Crippen molar-refractivity contribution in [1.29, 1.82) is 0 Å². The second-order valence-corrected chi connectivity index (χ2v) is 5.32. The summed E-state index contributed by atoms with van der Waals surface area (Å²) in [6, 6.07) is 3.70. The zero-order chi connectivity index (χ0) is 13.6. The minimum Gasteiger partial charge on any atom is -0.496 e. The molecule has 0 aromatic heterocycles. The van der Waals surface area contributed by atoms with Crippen molar-refractivity contribution < 1.29 is 19.0 Å². The summed E-state index contributed by atoms with van der Waals surface area (Å²) in [7, 11) is 3.24. The fraction of sp³-hybridized carbons (Fsp3) is 0.533. The van der Waals surface area contributed by atoms with Gasteiger partial charge >= 0.3 is 0 Å². The summed E-state index contributed by atoms with van der Waals surface area (Å²) in [6.07, 6.45) is 2.47. The molecule has 3 rings (SSSR count). The predicted molar refractivity (Wildman–Crippen MR) is 70.2 cm³/mol. The Morgan fingerprint density at radius 1 is 1.32 bits per heavy atom. The highest BCUT2D eigenvalue weighted by atomic mass is 16.5. The van der Waals surface area contributed by atoms with Crippen LogP contribution in [0.1, 0.15) is 37.7 Å². The van der Waals surface area contributed by atoms with E-state index in [1.165, 1.54) is 0 Å². The molecular weight excluding hydrogens is 244 g/mol. The number of carbonyl (C=O) groups excluding carboxylic acids is 1. The lowest BCUT2D eigenvalue weighted by molar-refractivity contribution is -0.136. The van der Waals surface area contributed by atoms with E-state index in [-0.39, 0.29) is 11.7 Å². The van der Waals surface area contributed by atoms with E-state index in [0.29, 0.717) is 12.2 Å². The first-order valence-electron chi connectivity index (χ1n) is 6.58. The number of benzene rings is 1. The average Bonchev–Trinajstić information content (AvgIpc) is 2.72. The van der Waals surface area contributed by atoms with Gasteiger partial charge in [-0.1, -0.05) is 0 Å². The zero-order valence-electron chi connectivity index (χ0n) is 11.5. The third-order valence-electron chi connectivity index (χ3n) is 4.32. The van der Waals surface area contributed by atoms with E-state index in [1.807, 2.05) is 19.1 Å². The summed E-state index contributed by atoms with van der Waals surface area (Å²) in [5.74, 6) is 2.42. The molecule has 0 saturated heterocycles. The first-order valence-corrected chi connectivity index (χ1v) is 6.58.